The number of hydrogen-bond acceptors (Lipinski definition) is 7. The summed E-state index contributed by atoms with van der Waals surface area (Å²) < 4.78 is 20.2. The van der Waals surface area contributed by atoms with E-state index in [0.717, 1.165) is 16.5 Å². The number of anilines is 3. The van der Waals surface area contributed by atoms with Crippen molar-refractivity contribution in [3.63, 3.8) is 0 Å². The molecule has 3 heterocycles. The van der Waals surface area contributed by atoms with E-state index < -0.39 is 0 Å². The number of nitrogens with zero attached hydrogens (tertiary/aromatic N) is 4. The minimum Gasteiger partial charge on any atom is -0.378 e. The van der Waals surface area contributed by atoms with Gasteiger partial charge in [-0.2, -0.15) is 10.1 Å². The average molecular weight is 458 g/mol. The van der Waals surface area contributed by atoms with Gasteiger partial charge in [0, 0.05) is 30.8 Å². The molecule has 0 aliphatic carbocycles. The van der Waals surface area contributed by atoms with Crippen LogP contribution in [0.2, 0.25) is 0 Å². The molecule has 5 rings (SSSR count). The molecule has 2 N–H and O–H groups in total. The Labute approximate surface area is 195 Å². The summed E-state index contributed by atoms with van der Waals surface area (Å²) >= 11 is 0. The fraction of sp³-hybridized carbons (Fsp3) is 0.200. The predicted octanol–water partition coefficient (Wildman–Crippen LogP) is 4.04. The van der Waals surface area contributed by atoms with Crippen molar-refractivity contribution in [2.75, 3.05) is 36.5 Å². The molecule has 2 aromatic carbocycles. The lowest BCUT2D eigenvalue weighted by atomic mass is 10.0. The average Bonchev–Trinajstić information content (AvgIpc) is 3.33. The second kappa shape index (κ2) is 9.40. The van der Waals surface area contributed by atoms with Gasteiger partial charge in [0.15, 0.2) is 11.4 Å². The Balaban J connectivity index is 1.46. The highest BCUT2D eigenvalue weighted by Gasteiger charge is 2.17. The molecule has 9 heteroatoms. The van der Waals surface area contributed by atoms with Gasteiger partial charge < -0.3 is 15.0 Å². The Kier molecular flexibility index (Phi) is 6.01. The number of benzene rings is 2. The van der Waals surface area contributed by atoms with Gasteiger partial charge in [-0.3, -0.25) is 9.89 Å². The molecule has 0 atom stereocenters. The van der Waals surface area contributed by atoms with Crippen molar-refractivity contribution in [2.45, 2.75) is 6.42 Å². The SMILES string of the molecule is C=CC(=O)Cc1cccc(-c2nc(Nc3ccc(N4CCOCC4)c(F)c3)nc3[nH]ncc23)c1. The first-order valence-electron chi connectivity index (χ1n) is 11.0. The summed E-state index contributed by atoms with van der Waals surface area (Å²) in [5.74, 6) is -0.0784. The predicted molar refractivity (Wildman–Crippen MR) is 129 cm³/mol. The van der Waals surface area contributed by atoms with Gasteiger partial charge in [-0.15, -0.1) is 0 Å². The van der Waals surface area contributed by atoms with E-state index in [0.29, 0.717) is 55.0 Å². The third-order valence-corrected chi connectivity index (χ3v) is 5.67. The molecule has 0 bridgehead atoms. The molecule has 0 radical (unpaired) electrons. The number of H-pyrrole nitrogens is 1. The summed E-state index contributed by atoms with van der Waals surface area (Å²) in [6.07, 6.45) is 3.24. The molecule has 172 valence electrons. The molecule has 1 saturated heterocycles. The first kappa shape index (κ1) is 21.7. The summed E-state index contributed by atoms with van der Waals surface area (Å²) in [7, 11) is 0. The number of nitrogens with one attached hydrogen (secondary N) is 2. The van der Waals surface area contributed by atoms with E-state index in [1.54, 1.807) is 18.3 Å². The molecule has 2 aromatic heterocycles. The normalized spacial score (nSPS) is 13.7. The smallest absolute Gasteiger partial charge is 0.229 e. The molecule has 1 aliphatic heterocycles. The molecule has 1 aliphatic rings. The fourth-order valence-corrected chi connectivity index (χ4v) is 3.99. The van der Waals surface area contributed by atoms with Crippen molar-refractivity contribution in [2.24, 2.45) is 0 Å². The molecule has 8 nitrogen and oxygen atoms in total. The number of morpholine rings is 1. The number of aromatic amines is 1. The summed E-state index contributed by atoms with van der Waals surface area (Å²) in [6, 6.07) is 12.6. The van der Waals surface area contributed by atoms with Crippen LogP contribution < -0.4 is 10.2 Å². The van der Waals surface area contributed by atoms with E-state index in [9.17, 15) is 9.18 Å². The van der Waals surface area contributed by atoms with Gasteiger partial charge in [-0.1, -0.05) is 24.8 Å². The van der Waals surface area contributed by atoms with Crippen LogP contribution in [-0.2, 0) is 16.0 Å². The van der Waals surface area contributed by atoms with Gasteiger partial charge >= 0.3 is 0 Å². The van der Waals surface area contributed by atoms with Crippen LogP contribution in [0, 0.1) is 5.82 Å². The first-order chi connectivity index (χ1) is 16.6. The van der Waals surface area contributed by atoms with Crippen molar-refractivity contribution >= 4 is 34.1 Å². The molecule has 0 saturated carbocycles. The van der Waals surface area contributed by atoms with Crippen LogP contribution in [0.1, 0.15) is 5.56 Å². The van der Waals surface area contributed by atoms with Gasteiger partial charge in [0.05, 0.1) is 36.2 Å². The number of ketones is 1. The Morgan fingerprint density at radius 2 is 2.06 bits per heavy atom. The maximum Gasteiger partial charge on any atom is 0.229 e. The number of halogens is 1. The number of aromatic nitrogens is 4. The van der Waals surface area contributed by atoms with E-state index in [-0.39, 0.29) is 18.0 Å². The van der Waals surface area contributed by atoms with E-state index in [1.165, 1.54) is 12.1 Å². The number of hydrogen-bond donors (Lipinski definition) is 2. The highest BCUT2D eigenvalue weighted by Crippen LogP contribution is 2.29. The number of rotatable bonds is 7. The Morgan fingerprint density at radius 1 is 1.21 bits per heavy atom. The standard InChI is InChI=1S/C25H23FN6O2/c1-2-19(33)13-16-4-3-5-17(12-16)23-20-15-27-31-24(20)30-25(29-23)28-18-6-7-22(21(26)14-18)32-8-10-34-11-9-32/h2-7,12,14-15H,1,8-11,13H2,(H2,27,28,29,30,31). The third kappa shape index (κ3) is 4.51. The Morgan fingerprint density at radius 3 is 2.85 bits per heavy atom. The van der Waals surface area contributed by atoms with E-state index in [1.807, 2.05) is 29.2 Å². The van der Waals surface area contributed by atoms with Crippen LogP contribution in [0.4, 0.5) is 21.7 Å². The lowest BCUT2D eigenvalue weighted by Crippen LogP contribution is -2.36. The molecular weight excluding hydrogens is 435 g/mol. The minimum absolute atomic E-state index is 0.0572. The highest BCUT2D eigenvalue weighted by molar-refractivity contribution is 5.93. The monoisotopic (exact) mass is 458 g/mol. The molecule has 1 fully saturated rings. The summed E-state index contributed by atoms with van der Waals surface area (Å²) in [5, 5.41) is 10.8. The van der Waals surface area contributed by atoms with Gasteiger partial charge in [0.1, 0.15) is 5.82 Å². The summed E-state index contributed by atoms with van der Waals surface area (Å²) in [5.41, 5.74) is 3.95. The zero-order chi connectivity index (χ0) is 23.5. The highest BCUT2D eigenvalue weighted by atomic mass is 19.1. The largest absolute Gasteiger partial charge is 0.378 e. The second-order valence-electron chi connectivity index (χ2n) is 7.97. The topological polar surface area (TPSA) is 96.0 Å². The molecule has 0 unspecified atom stereocenters. The van der Waals surface area contributed by atoms with Gasteiger partial charge in [-0.05, 0) is 35.9 Å². The van der Waals surface area contributed by atoms with Crippen molar-refractivity contribution in [3.05, 3.63) is 72.7 Å². The van der Waals surface area contributed by atoms with Crippen molar-refractivity contribution in [1.29, 1.82) is 0 Å². The van der Waals surface area contributed by atoms with E-state index >= 15 is 0 Å². The quantitative estimate of drug-likeness (QED) is 0.404. The van der Waals surface area contributed by atoms with Crippen molar-refractivity contribution in [3.8, 4) is 11.3 Å². The van der Waals surface area contributed by atoms with E-state index in [2.05, 4.69) is 32.1 Å². The van der Waals surface area contributed by atoms with Gasteiger partial charge in [0.25, 0.3) is 0 Å². The molecule has 34 heavy (non-hydrogen) atoms. The second-order valence-corrected chi connectivity index (χ2v) is 7.97. The van der Waals surface area contributed by atoms with Crippen molar-refractivity contribution < 1.29 is 13.9 Å². The van der Waals surface area contributed by atoms with Gasteiger partial charge in [-0.25, -0.2) is 9.37 Å². The zero-order valence-corrected chi connectivity index (χ0v) is 18.4. The number of ether oxygens (including phenoxy) is 1. The van der Waals surface area contributed by atoms with E-state index in [4.69, 9.17) is 4.74 Å². The number of carbonyl (C=O) groups is 1. The molecule has 0 spiro atoms. The van der Waals surface area contributed by atoms with Crippen LogP contribution in [0.25, 0.3) is 22.3 Å². The molecule has 0 amide bonds. The molecular formula is C25H23FN6O2. The number of allylic oxidation sites excluding steroid dienone is 1. The maximum atomic E-state index is 14.8. The first-order valence-corrected chi connectivity index (χ1v) is 11.0. The van der Waals surface area contributed by atoms with Gasteiger partial charge in [0.2, 0.25) is 5.95 Å². The Hall–Kier alpha value is -4.11. The van der Waals surface area contributed by atoms with Crippen LogP contribution in [0.15, 0.2) is 61.3 Å². The number of fused-ring (bicyclic) bond motifs is 1. The zero-order valence-electron chi connectivity index (χ0n) is 18.4. The van der Waals surface area contributed by atoms with Crippen LogP contribution in [0.5, 0.6) is 0 Å². The molecule has 4 aromatic rings. The van der Waals surface area contributed by atoms with Crippen molar-refractivity contribution in [1.82, 2.24) is 20.2 Å². The van der Waals surface area contributed by atoms with Crippen LogP contribution in [-0.4, -0.2) is 52.3 Å². The lowest BCUT2D eigenvalue weighted by Gasteiger charge is -2.29. The van der Waals surface area contributed by atoms with Crippen LogP contribution in [0.3, 0.4) is 0 Å². The minimum atomic E-state index is -0.325. The lowest BCUT2D eigenvalue weighted by molar-refractivity contribution is -0.114. The number of carbonyl (C=O) groups excluding carboxylic acids is 1. The fourth-order valence-electron chi connectivity index (χ4n) is 3.99. The summed E-state index contributed by atoms with van der Waals surface area (Å²) in [4.78, 5) is 22.9. The van der Waals surface area contributed by atoms with Crippen LogP contribution >= 0.6 is 0 Å². The maximum absolute atomic E-state index is 14.8. The Bertz CT molecular complexity index is 1360. The summed E-state index contributed by atoms with van der Waals surface area (Å²) in [6.45, 7) is 6.02. The third-order valence-electron chi connectivity index (χ3n) is 5.67.